The van der Waals surface area contributed by atoms with Crippen molar-refractivity contribution in [3.05, 3.63) is 77.6 Å². The Bertz CT molecular complexity index is 1100. The van der Waals surface area contributed by atoms with Crippen LogP contribution in [-0.2, 0) is 11.4 Å². The van der Waals surface area contributed by atoms with E-state index in [2.05, 4.69) is 10.5 Å². The Labute approximate surface area is 185 Å². The summed E-state index contributed by atoms with van der Waals surface area (Å²) in [7, 11) is 1.62. The van der Waals surface area contributed by atoms with E-state index < -0.39 is 0 Å². The van der Waals surface area contributed by atoms with E-state index in [1.165, 1.54) is 6.21 Å². The minimum atomic E-state index is -0.358. The zero-order chi connectivity index (χ0) is 22.3. The van der Waals surface area contributed by atoms with Gasteiger partial charge in [0.2, 0.25) is 5.91 Å². The average molecular weight is 433 g/mol. The smallest absolute Gasteiger partial charge is 0.285 e. The van der Waals surface area contributed by atoms with Crippen LogP contribution >= 0.6 is 0 Å². The maximum atomic E-state index is 12.3. The lowest BCUT2D eigenvalue weighted by molar-refractivity contribution is -0.117. The number of amides is 2. The molecule has 1 aliphatic rings. The van der Waals surface area contributed by atoms with Crippen LogP contribution in [0.4, 0.5) is 5.69 Å². The van der Waals surface area contributed by atoms with Crippen molar-refractivity contribution in [2.75, 3.05) is 18.6 Å². The maximum absolute atomic E-state index is 12.3. The molecule has 1 saturated heterocycles. The summed E-state index contributed by atoms with van der Waals surface area (Å²) in [6.45, 7) is 1.06. The van der Waals surface area contributed by atoms with Crippen molar-refractivity contribution in [3.8, 4) is 11.7 Å². The monoisotopic (exact) mass is 433 g/mol. The van der Waals surface area contributed by atoms with Crippen molar-refractivity contribution in [2.24, 2.45) is 5.10 Å². The summed E-state index contributed by atoms with van der Waals surface area (Å²) in [5, 5.41) is 3.93. The molecule has 0 saturated carbocycles. The van der Waals surface area contributed by atoms with Crippen molar-refractivity contribution < 1.29 is 23.5 Å². The Balaban J connectivity index is 1.27. The van der Waals surface area contributed by atoms with Crippen LogP contribution in [0, 0.1) is 0 Å². The predicted octanol–water partition coefficient (Wildman–Crippen LogP) is 3.76. The SMILES string of the molecule is COc1ccc(COc2ccc(/C=N\NC(=O)c3ccc(N4CCCC4=O)cc3)o2)cc1. The largest absolute Gasteiger partial charge is 0.497 e. The van der Waals surface area contributed by atoms with Gasteiger partial charge in [-0.1, -0.05) is 12.1 Å². The van der Waals surface area contributed by atoms with Crippen LogP contribution < -0.4 is 19.8 Å². The van der Waals surface area contributed by atoms with Gasteiger partial charge in [0.15, 0.2) is 5.76 Å². The Morgan fingerprint density at radius 2 is 1.91 bits per heavy atom. The molecule has 4 rings (SSSR count). The summed E-state index contributed by atoms with van der Waals surface area (Å²) in [4.78, 5) is 25.8. The fourth-order valence-electron chi connectivity index (χ4n) is 3.29. The first-order valence-electron chi connectivity index (χ1n) is 10.2. The molecule has 0 aliphatic carbocycles. The molecule has 1 aliphatic heterocycles. The first-order valence-corrected chi connectivity index (χ1v) is 10.2. The summed E-state index contributed by atoms with van der Waals surface area (Å²) in [5.74, 6) is 1.32. The molecular formula is C24H23N3O5. The molecule has 0 unspecified atom stereocenters. The third kappa shape index (κ3) is 5.15. The number of nitrogens with one attached hydrogen (secondary N) is 1. The number of carbonyl (C=O) groups excluding carboxylic acids is 2. The summed E-state index contributed by atoms with van der Waals surface area (Å²) in [5.41, 5.74) is 4.68. The third-order valence-corrected chi connectivity index (χ3v) is 5.01. The number of furan rings is 1. The van der Waals surface area contributed by atoms with Crippen LogP contribution in [0.25, 0.3) is 0 Å². The fourth-order valence-corrected chi connectivity index (χ4v) is 3.29. The van der Waals surface area contributed by atoms with Gasteiger partial charge in [-0.15, -0.1) is 0 Å². The van der Waals surface area contributed by atoms with Crippen molar-refractivity contribution in [1.82, 2.24) is 5.43 Å². The van der Waals surface area contributed by atoms with Crippen molar-refractivity contribution in [3.63, 3.8) is 0 Å². The molecule has 8 heteroatoms. The number of methoxy groups -OCH3 is 1. The topological polar surface area (TPSA) is 93.4 Å². The van der Waals surface area contributed by atoms with Crippen LogP contribution in [0.5, 0.6) is 11.7 Å². The molecule has 0 bridgehead atoms. The quantitative estimate of drug-likeness (QED) is 0.431. The Hall–Kier alpha value is -4.07. The molecule has 1 fully saturated rings. The number of benzene rings is 2. The normalized spacial score (nSPS) is 13.5. The molecule has 3 aromatic rings. The van der Waals surface area contributed by atoms with Gasteiger partial charge in [-0.2, -0.15) is 5.10 Å². The highest BCUT2D eigenvalue weighted by Crippen LogP contribution is 2.21. The van der Waals surface area contributed by atoms with E-state index in [9.17, 15) is 9.59 Å². The van der Waals surface area contributed by atoms with Gasteiger partial charge in [-0.25, -0.2) is 5.43 Å². The molecular weight excluding hydrogens is 410 g/mol. The van der Waals surface area contributed by atoms with Crippen molar-refractivity contribution >= 4 is 23.7 Å². The van der Waals surface area contributed by atoms with Crippen LogP contribution in [0.1, 0.15) is 34.5 Å². The standard InChI is InChI=1S/C24H23N3O5/c1-30-20-10-4-17(5-11-20)16-31-23-13-12-21(32-23)15-25-26-24(29)18-6-8-19(9-7-18)27-14-2-3-22(27)28/h4-13,15H,2-3,14,16H2,1H3,(H,26,29)/b25-15-. The number of anilines is 1. The molecule has 0 spiro atoms. The lowest BCUT2D eigenvalue weighted by atomic mass is 10.2. The molecule has 1 N–H and O–H groups in total. The number of rotatable bonds is 8. The van der Waals surface area contributed by atoms with E-state index in [0.29, 0.717) is 36.8 Å². The Morgan fingerprint density at radius 3 is 2.59 bits per heavy atom. The zero-order valence-electron chi connectivity index (χ0n) is 17.6. The van der Waals surface area contributed by atoms with Crippen LogP contribution in [0.2, 0.25) is 0 Å². The molecule has 1 aromatic heterocycles. The first kappa shape index (κ1) is 21.2. The fraction of sp³-hybridized carbons (Fsp3) is 0.208. The van der Waals surface area contributed by atoms with E-state index >= 15 is 0 Å². The van der Waals surface area contributed by atoms with E-state index in [1.807, 2.05) is 24.3 Å². The number of carbonyl (C=O) groups is 2. The lowest BCUT2D eigenvalue weighted by Crippen LogP contribution is -2.24. The van der Waals surface area contributed by atoms with E-state index in [1.54, 1.807) is 48.4 Å². The van der Waals surface area contributed by atoms with Gasteiger partial charge >= 0.3 is 0 Å². The highest BCUT2D eigenvalue weighted by molar-refractivity contribution is 5.97. The van der Waals surface area contributed by atoms with E-state index in [0.717, 1.165) is 23.4 Å². The predicted molar refractivity (Wildman–Crippen MR) is 119 cm³/mol. The summed E-state index contributed by atoms with van der Waals surface area (Å²) >= 11 is 0. The second-order valence-corrected chi connectivity index (χ2v) is 7.19. The highest BCUT2D eigenvalue weighted by atomic mass is 16.6. The Kier molecular flexibility index (Phi) is 6.50. The van der Waals surface area contributed by atoms with E-state index in [4.69, 9.17) is 13.9 Å². The minimum Gasteiger partial charge on any atom is -0.497 e. The van der Waals surface area contributed by atoms with Crippen LogP contribution in [0.3, 0.4) is 0 Å². The number of nitrogens with zero attached hydrogens (tertiary/aromatic N) is 2. The molecule has 2 aromatic carbocycles. The zero-order valence-corrected chi connectivity index (χ0v) is 17.6. The summed E-state index contributed by atoms with van der Waals surface area (Å²) in [6, 6.07) is 17.8. The number of ether oxygens (including phenoxy) is 2. The lowest BCUT2D eigenvalue weighted by Gasteiger charge is -2.15. The molecule has 164 valence electrons. The van der Waals surface area contributed by atoms with Gasteiger partial charge in [0, 0.05) is 30.3 Å². The number of hydrogen-bond donors (Lipinski definition) is 1. The molecule has 0 radical (unpaired) electrons. The summed E-state index contributed by atoms with van der Waals surface area (Å²) in [6.07, 6.45) is 2.82. The van der Waals surface area contributed by atoms with Crippen molar-refractivity contribution in [2.45, 2.75) is 19.4 Å². The molecule has 8 nitrogen and oxygen atoms in total. The van der Waals surface area contributed by atoms with Crippen LogP contribution in [-0.4, -0.2) is 31.7 Å². The van der Waals surface area contributed by atoms with Gasteiger partial charge in [0.25, 0.3) is 11.9 Å². The van der Waals surface area contributed by atoms with E-state index in [-0.39, 0.29) is 11.8 Å². The average Bonchev–Trinajstić information content (AvgIpc) is 3.47. The van der Waals surface area contributed by atoms with Gasteiger partial charge in [-0.3, -0.25) is 9.59 Å². The minimum absolute atomic E-state index is 0.109. The van der Waals surface area contributed by atoms with Gasteiger partial charge in [0.1, 0.15) is 12.4 Å². The van der Waals surface area contributed by atoms with Gasteiger partial charge in [-0.05, 0) is 54.4 Å². The second-order valence-electron chi connectivity index (χ2n) is 7.19. The van der Waals surface area contributed by atoms with Crippen molar-refractivity contribution in [1.29, 1.82) is 0 Å². The molecule has 2 amide bonds. The second kappa shape index (κ2) is 9.82. The number of hydrogen-bond acceptors (Lipinski definition) is 6. The Morgan fingerprint density at radius 1 is 1.12 bits per heavy atom. The first-order chi connectivity index (χ1) is 15.6. The maximum Gasteiger partial charge on any atom is 0.285 e. The van der Waals surface area contributed by atoms with Gasteiger partial charge < -0.3 is 18.8 Å². The molecule has 0 atom stereocenters. The van der Waals surface area contributed by atoms with Crippen LogP contribution in [0.15, 0.2) is 70.2 Å². The summed E-state index contributed by atoms with van der Waals surface area (Å²) < 4.78 is 16.3. The van der Waals surface area contributed by atoms with Gasteiger partial charge in [0.05, 0.1) is 13.3 Å². The molecule has 32 heavy (non-hydrogen) atoms. The molecule has 2 heterocycles. The highest BCUT2D eigenvalue weighted by Gasteiger charge is 2.21. The number of hydrazone groups is 1. The third-order valence-electron chi connectivity index (χ3n) is 5.01.